The molecule has 1 saturated heterocycles. The van der Waals surface area contributed by atoms with Crippen molar-refractivity contribution in [3.05, 3.63) is 76.3 Å². The van der Waals surface area contributed by atoms with Gasteiger partial charge in [-0.15, -0.1) is 0 Å². The van der Waals surface area contributed by atoms with Crippen LogP contribution in [-0.4, -0.2) is 55.3 Å². The van der Waals surface area contributed by atoms with Crippen LogP contribution in [0.2, 0.25) is 0 Å². The second kappa shape index (κ2) is 11.9. The maximum Gasteiger partial charge on any atom is 0.354 e. The molecule has 1 aliphatic heterocycles. The van der Waals surface area contributed by atoms with Crippen molar-refractivity contribution < 1.29 is 21.6 Å². The monoisotopic (exact) mass is 574 g/mol. The number of piperidine rings is 1. The number of alkyl halides is 1. The van der Waals surface area contributed by atoms with Crippen LogP contribution in [0.15, 0.2) is 58.4 Å². The molecule has 2 aromatic heterocycles. The third-order valence-electron chi connectivity index (χ3n) is 6.83. The minimum absolute atomic E-state index is 0.105. The molecule has 0 saturated carbocycles. The summed E-state index contributed by atoms with van der Waals surface area (Å²) < 4.78 is 71.4. The summed E-state index contributed by atoms with van der Waals surface area (Å²) in [6.07, 6.45) is 3.11. The lowest BCUT2D eigenvalue weighted by Crippen LogP contribution is -2.42. The molecular weight excluding hydrogens is 545 g/mol. The number of nitrogens with zero attached hydrogens (tertiary/aromatic N) is 2. The van der Waals surface area contributed by atoms with Gasteiger partial charge in [0.05, 0.1) is 23.0 Å². The molecule has 4 aromatic rings. The van der Waals surface area contributed by atoms with Gasteiger partial charge in [-0.3, -0.25) is 8.96 Å². The SMILES string of the molecule is O=c1nc2[nH]c(-c3ccc(S(=O)(=O)NC4CCNCC4)cc3F)cc2cn1-c1ccc(CNCCCF)c(F)c1. The Labute approximate surface area is 228 Å². The van der Waals surface area contributed by atoms with Crippen LogP contribution in [0.1, 0.15) is 24.8 Å². The van der Waals surface area contributed by atoms with Crippen molar-refractivity contribution in [1.29, 1.82) is 0 Å². The van der Waals surface area contributed by atoms with E-state index in [4.69, 9.17) is 0 Å². The molecule has 0 radical (unpaired) electrons. The lowest BCUT2D eigenvalue weighted by Gasteiger charge is -2.23. The van der Waals surface area contributed by atoms with E-state index in [2.05, 4.69) is 25.3 Å². The Hall–Kier alpha value is -3.52. The van der Waals surface area contributed by atoms with E-state index >= 15 is 4.39 Å². The molecule has 212 valence electrons. The highest BCUT2D eigenvalue weighted by molar-refractivity contribution is 7.89. The zero-order chi connectivity index (χ0) is 28.3. The number of H-pyrrole nitrogens is 1. The van der Waals surface area contributed by atoms with E-state index in [-0.39, 0.29) is 34.4 Å². The van der Waals surface area contributed by atoms with E-state index in [0.717, 1.165) is 6.07 Å². The summed E-state index contributed by atoms with van der Waals surface area (Å²) in [4.78, 5) is 19.5. The number of sulfonamides is 1. The first kappa shape index (κ1) is 28.0. The summed E-state index contributed by atoms with van der Waals surface area (Å²) in [5.41, 5.74) is 0.575. The molecule has 0 atom stereocenters. The van der Waals surface area contributed by atoms with Gasteiger partial charge in [0.1, 0.15) is 17.3 Å². The Balaban J connectivity index is 1.39. The fourth-order valence-corrected chi connectivity index (χ4v) is 5.99. The molecule has 40 heavy (non-hydrogen) atoms. The van der Waals surface area contributed by atoms with Crippen molar-refractivity contribution in [3.63, 3.8) is 0 Å². The Morgan fingerprint density at radius 1 is 1.05 bits per heavy atom. The number of hydrogen-bond donors (Lipinski definition) is 4. The zero-order valence-electron chi connectivity index (χ0n) is 21.5. The van der Waals surface area contributed by atoms with Gasteiger partial charge < -0.3 is 15.6 Å². The summed E-state index contributed by atoms with van der Waals surface area (Å²) >= 11 is 0. The fourth-order valence-electron chi connectivity index (χ4n) is 4.68. The summed E-state index contributed by atoms with van der Waals surface area (Å²) in [7, 11) is -3.90. The Bertz CT molecular complexity index is 1680. The molecule has 3 heterocycles. The maximum absolute atomic E-state index is 15.1. The van der Waals surface area contributed by atoms with Crippen molar-refractivity contribution >= 4 is 21.1 Å². The predicted octanol–water partition coefficient (Wildman–Crippen LogP) is 3.14. The third-order valence-corrected chi connectivity index (χ3v) is 8.35. The van der Waals surface area contributed by atoms with Gasteiger partial charge in [0.25, 0.3) is 0 Å². The fraction of sp³-hybridized carbons (Fsp3) is 0.333. The van der Waals surface area contributed by atoms with Crippen LogP contribution in [0, 0.1) is 11.6 Å². The molecule has 2 aromatic carbocycles. The summed E-state index contributed by atoms with van der Waals surface area (Å²) in [5, 5.41) is 6.59. The average molecular weight is 575 g/mol. The molecule has 0 aliphatic carbocycles. The highest BCUT2D eigenvalue weighted by atomic mass is 32.2. The van der Waals surface area contributed by atoms with Crippen molar-refractivity contribution in [2.75, 3.05) is 26.3 Å². The van der Waals surface area contributed by atoms with Crippen LogP contribution in [0.4, 0.5) is 13.2 Å². The van der Waals surface area contributed by atoms with Crippen molar-refractivity contribution in [2.45, 2.75) is 36.7 Å². The molecule has 0 unspecified atom stereocenters. The standard InChI is InChI=1S/C27H29F3N6O3S/c28-8-1-9-32-15-17-2-3-20(13-23(17)29)36-16-18-12-25(33-26(18)34-27(36)37)22-5-4-21(14-24(22)30)40(38,39)35-19-6-10-31-11-7-19/h2-5,12-14,16,19,31-32,35H,1,6-11,15H2,(H,33,34,37). The lowest BCUT2D eigenvalue weighted by molar-refractivity contribution is 0.427. The smallest absolute Gasteiger partial charge is 0.339 e. The number of fused-ring (bicyclic) bond motifs is 1. The van der Waals surface area contributed by atoms with E-state index in [0.29, 0.717) is 55.5 Å². The van der Waals surface area contributed by atoms with Gasteiger partial charge in [0.15, 0.2) is 0 Å². The van der Waals surface area contributed by atoms with Crippen LogP contribution in [0.3, 0.4) is 0 Å². The number of hydrogen-bond acceptors (Lipinski definition) is 6. The van der Waals surface area contributed by atoms with E-state index in [1.807, 2.05) is 0 Å². The zero-order valence-corrected chi connectivity index (χ0v) is 22.3. The molecule has 0 bridgehead atoms. The first-order valence-electron chi connectivity index (χ1n) is 13.0. The first-order chi connectivity index (χ1) is 19.2. The van der Waals surface area contributed by atoms with Crippen LogP contribution in [0.25, 0.3) is 28.0 Å². The average Bonchev–Trinajstić information content (AvgIpc) is 3.34. The van der Waals surface area contributed by atoms with Crippen LogP contribution >= 0.6 is 0 Å². The van der Waals surface area contributed by atoms with Gasteiger partial charge in [-0.1, -0.05) is 6.07 Å². The van der Waals surface area contributed by atoms with Crippen molar-refractivity contribution in [3.8, 4) is 16.9 Å². The topological polar surface area (TPSA) is 121 Å². The molecule has 4 N–H and O–H groups in total. The van der Waals surface area contributed by atoms with Crippen LogP contribution < -0.4 is 21.0 Å². The molecule has 5 rings (SSSR count). The molecule has 0 amide bonds. The molecule has 0 spiro atoms. The number of rotatable bonds is 10. The first-order valence-corrected chi connectivity index (χ1v) is 14.4. The van der Waals surface area contributed by atoms with Gasteiger partial charge >= 0.3 is 5.69 Å². The Morgan fingerprint density at radius 3 is 2.58 bits per heavy atom. The second-order valence-electron chi connectivity index (χ2n) is 9.66. The Kier molecular flexibility index (Phi) is 8.35. The Morgan fingerprint density at radius 2 is 1.85 bits per heavy atom. The minimum atomic E-state index is -3.90. The quantitative estimate of drug-likeness (QED) is 0.216. The second-order valence-corrected chi connectivity index (χ2v) is 11.4. The van der Waals surface area contributed by atoms with Gasteiger partial charge in [-0.25, -0.2) is 26.7 Å². The highest BCUT2D eigenvalue weighted by Crippen LogP contribution is 2.27. The van der Waals surface area contributed by atoms with E-state index in [1.54, 1.807) is 12.1 Å². The summed E-state index contributed by atoms with van der Waals surface area (Å²) in [5.74, 6) is -1.29. The normalized spacial score (nSPS) is 14.7. The van der Waals surface area contributed by atoms with E-state index in [9.17, 15) is 22.0 Å². The van der Waals surface area contributed by atoms with E-state index < -0.39 is 34.0 Å². The van der Waals surface area contributed by atoms with Gasteiger partial charge in [0.2, 0.25) is 10.0 Å². The summed E-state index contributed by atoms with van der Waals surface area (Å²) in [6.45, 7) is 1.60. The van der Waals surface area contributed by atoms with Gasteiger partial charge in [0, 0.05) is 35.3 Å². The number of aromatic amines is 1. The lowest BCUT2D eigenvalue weighted by atomic mass is 10.1. The van der Waals surface area contributed by atoms with Gasteiger partial charge in [-0.2, -0.15) is 4.98 Å². The summed E-state index contributed by atoms with van der Waals surface area (Å²) in [6, 6.07) is 9.36. The largest absolute Gasteiger partial charge is 0.354 e. The number of benzene rings is 2. The number of nitrogens with one attached hydrogen (secondary N) is 4. The molecule has 1 fully saturated rings. The van der Waals surface area contributed by atoms with Crippen molar-refractivity contribution in [2.24, 2.45) is 0 Å². The van der Waals surface area contributed by atoms with Crippen LogP contribution in [-0.2, 0) is 16.6 Å². The molecular formula is C27H29F3N6O3S. The maximum atomic E-state index is 15.1. The number of aromatic nitrogens is 3. The minimum Gasteiger partial charge on any atom is -0.339 e. The van der Waals surface area contributed by atoms with Crippen LogP contribution in [0.5, 0.6) is 0 Å². The molecule has 13 heteroatoms. The van der Waals surface area contributed by atoms with Gasteiger partial charge in [-0.05, 0) is 75.3 Å². The highest BCUT2D eigenvalue weighted by Gasteiger charge is 2.23. The predicted molar refractivity (Wildman–Crippen MR) is 146 cm³/mol. The molecule has 1 aliphatic rings. The molecule has 9 nitrogen and oxygen atoms in total. The van der Waals surface area contributed by atoms with Crippen molar-refractivity contribution in [1.82, 2.24) is 29.9 Å². The third kappa shape index (κ3) is 6.12. The van der Waals surface area contributed by atoms with E-state index in [1.165, 1.54) is 35.0 Å². The number of halogens is 3.